The molecule has 0 aliphatic rings. The maximum Gasteiger partial charge on any atom is 0.127 e. The summed E-state index contributed by atoms with van der Waals surface area (Å²) in [6.45, 7) is 4.35. The van der Waals surface area contributed by atoms with E-state index in [4.69, 9.17) is 21.1 Å². The highest BCUT2D eigenvalue weighted by Crippen LogP contribution is 2.26. The summed E-state index contributed by atoms with van der Waals surface area (Å²) in [5.74, 6) is 1.61. The van der Waals surface area contributed by atoms with Crippen LogP contribution in [-0.2, 0) is 11.3 Å². The van der Waals surface area contributed by atoms with Crippen LogP contribution < -0.4 is 10.1 Å². The van der Waals surface area contributed by atoms with E-state index in [1.54, 1.807) is 7.11 Å². The van der Waals surface area contributed by atoms with Gasteiger partial charge in [-0.1, -0.05) is 23.7 Å². The van der Waals surface area contributed by atoms with Crippen molar-refractivity contribution in [1.82, 2.24) is 5.32 Å². The first kappa shape index (κ1) is 15.8. The van der Waals surface area contributed by atoms with E-state index in [0.717, 1.165) is 41.8 Å². The topological polar surface area (TPSA) is 30.5 Å². The fourth-order valence-corrected chi connectivity index (χ4v) is 2.02. The summed E-state index contributed by atoms with van der Waals surface area (Å²) in [6.07, 6.45) is 0. The number of rotatable bonds is 7. The molecule has 3 nitrogen and oxygen atoms in total. The highest BCUT2D eigenvalue weighted by Gasteiger charge is 2.01. The number of hydrogen-bond acceptors (Lipinski definition) is 3. The summed E-state index contributed by atoms with van der Waals surface area (Å²) < 4.78 is 10.8. The lowest BCUT2D eigenvalue weighted by Crippen LogP contribution is -2.18. The maximum atomic E-state index is 6.00. The number of nitrogens with one attached hydrogen (secondary N) is 1. The van der Waals surface area contributed by atoms with Gasteiger partial charge in [0.15, 0.2) is 0 Å². The largest absolute Gasteiger partial charge is 0.457 e. The summed E-state index contributed by atoms with van der Waals surface area (Å²) >= 11 is 6.00. The third-order valence-electron chi connectivity index (χ3n) is 3.10. The minimum atomic E-state index is 0.719. The van der Waals surface area contributed by atoms with Gasteiger partial charge in [-0.05, 0) is 48.4 Å². The van der Waals surface area contributed by atoms with Crippen LogP contribution in [0.2, 0.25) is 5.02 Å². The van der Waals surface area contributed by atoms with Crippen LogP contribution in [0.4, 0.5) is 0 Å². The molecule has 0 aliphatic carbocycles. The monoisotopic (exact) mass is 305 g/mol. The Morgan fingerprint density at radius 1 is 1.05 bits per heavy atom. The lowest BCUT2D eigenvalue weighted by Gasteiger charge is -2.09. The predicted molar refractivity (Wildman–Crippen MR) is 86.3 cm³/mol. The van der Waals surface area contributed by atoms with Crippen LogP contribution in [0.25, 0.3) is 0 Å². The van der Waals surface area contributed by atoms with E-state index in [1.165, 1.54) is 5.56 Å². The second-order valence-corrected chi connectivity index (χ2v) is 5.23. The molecule has 0 radical (unpaired) electrons. The SMILES string of the molecule is COCCNCc1ccc(Oc2ccc(Cl)c(C)c2)cc1. The van der Waals surface area contributed by atoms with E-state index in [0.29, 0.717) is 0 Å². The van der Waals surface area contributed by atoms with Crippen molar-refractivity contribution in [3.63, 3.8) is 0 Å². The van der Waals surface area contributed by atoms with Crippen molar-refractivity contribution >= 4 is 11.6 Å². The van der Waals surface area contributed by atoms with E-state index in [1.807, 2.05) is 37.3 Å². The van der Waals surface area contributed by atoms with Crippen molar-refractivity contribution in [2.45, 2.75) is 13.5 Å². The Kier molecular flexibility index (Phi) is 6.05. The normalized spacial score (nSPS) is 10.6. The van der Waals surface area contributed by atoms with Crippen LogP contribution in [0.15, 0.2) is 42.5 Å². The molecule has 2 aromatic carbocycles. The molecular weight excluding hydrogens is 286 g/mol. The molecule has 0 saturated heterocycles. The molecule has 0 unspecified atom stereocenters. The zero-order chi connectivity index (χ0) is 15.1. The van der Waals surface area contributed by atoms with Gasteiger partial charge in [-0.2, -0.15) is 0 Å². The number of benzene rings is 2. The third kappa shape index (κ3) is 5.05. The first-order valence-electron chi connectivity index (χ1n) is 6.91. The number of methoxy groups -OCH3 is 1. The fraction of sp³-hybridized carbons (Fsp3) is 0.294. The van der Waals surface area contributed by atoms with Gasteiger partial charge in [-0.3, -0.25) is 0 Å². The standard InChI is InChI=1S/C17H20ClNO2/c1-13-11-16(7-8-17(13)18)21-15-5-3-14(4-6-15)12-19-9-10-20-2/h3-8,11,19H,9-10,12H2,1-2H3. The van der Waals surface area contributed by atoms with Crippen LogP contribution in [0.5, 0.6) is 11.5 Å². The molecule has 0 aliphatic heterocycles. The molecule has 0 amide bonds. The van der Waals surface area contributed by atoms with E-state index in [-0.39, 0.29) is 0 Å². The molecule has 0 bridgehead atoms. The van der Waals surface area contributed by atoms with Crippen LogP contribution in [0.3, 0.4) is 0 Å². The van der Waals surface area contributed by atoms with Crippen LogP contribution >= 0.6 is 11.6 Å². The Hall–Kier alpha value is -1.55. The molecule has 21 heavy (non-hydrogen) atoms. The van der Waals surface area contributed by atoms with E-state index < -0.39 is 0 Å². The van der Waals surface area contributed by atoms with Crippen molar-refractivity contribution < 1.29 is 9.47 Å². The van der Waals surface area contributed by atoms with Crippen molar-refractivity contribution in [3.05, 3.63) is 58.6 Å². The summed E-state index contributed by atoms with van der Waals surface area (Å²) in [7, 11) is 1.70. The molecule has 1 N–H and O–H groups in total. The van der Waals surface area contributed by atoms with Gasteiger partial charge in [-0.15, -0.1) is 0 Å². The Balaban J connectivity index is 1.91. The van der Waals surface area contributed by atoms with Gasteiger partial charge >= 0.3 is 0 Å². The molecule has 0 atom stereocenters. The molecule has 0 spiro atoms. The third-order valence-corrected chi connectivity index (χ3v) is 3.52. The van der Waals surface area contributed by atoms with E-state index in [2.05, 4.69) is 17.4 Å². The minimum absolute atomic E-state index is 0.719. The Labute approximate surface area is 130 Å². The van der Waals surface area contributed by atoms with Crippen LogP contribution in [0.1, 0.15) is 11.1 Å². The van der Waals surface area contributed by atoms with Gasteiger partial charge in [0.25, 0.3) is 0 Å². The average Bonchev–Trinajstić information content (AvgIpc) is 2.49. The number of halogens is 1. The number of aryl methyl sites for hydroxylation is 1. The molecule has 0 saturated carbocycles. The van der Waals surface area contributed by atoms with Gasteiger partial charge in [0, 0.05) is 25.2 Å². The molecule has 2 aromatic rings. The van der Waals surface area contributed by atoms with Crippen molar-refractivity contribution in [3.8, 4) is 11.5 Å². The molecule has 0 aromatic heterocycles. The summed E-state index contributed by atoms with van der Waals surface area (Å²) in [6, 6.07) is 13.7. The van der Waals surface area contributed by atoms with Gasteiger partial charge in [-0.25, -0.2) is 0 Å². The summed E-state index contributed by atoms with van der Waals surface area (Å²) in [4.78, 5) is 0. The second-order valence-electron chi connectivity index (χ2n) is 4.83. The average molecular weight is 306 g/mol. The Morgan fingerprint density at radius 2 is 1.76 bits per heavy atom. The molecule has 2 rings (SSSR count). The molecule has 0 fully saturated rings. The molecule has 112 valence electrons. The molecular formula is C17H20ClNO2. The second kappa shape index (κ2) is 8.03. The van der Waals surface area contributed by atoms with Gasteiger partial charge in [0.2, 0.25) is 0 Å². The zero-order valence-corrected chi connectivity index (χ0v) is 13.1. The summed E-state index contributed by atoms with van der Waals surface area (Å²) in [5, 5.41) is 4.05. The van der Waals surface area contributed by atoms with Gasteiger partial charge in [0.1, 0.15) is 11.5 Å². The first-order valence-corrected chi connectivity index (χ1v) is 7.29. The fourth-order valence-electron chi connectivity index (χ4n) is 1.90. The van der Waals surface area contributed by atoms with E-state index >= 15 is 0 Å². The smallest absolute Gasteiger partial charge is 0.127 e. The van der Waals surface area contributed by atoms with Crippen LogP contribution in [0, 0.1) is 6.92 Å². The van der Waals surface area contributed by atoms with Crippen molar-refractivity contribution in [1.29, 1.82) is 0 Å². The summed E-state index contributed by atoms with van der Waals surface area (Å²) in [5.41, 5.74) is 2.22. The first-order chi connectivity index (χ1) is 10.2. The highest BCUT2D eigenvalue weighted by atomic mass is 35.5. The van der Waals surface area contributed by atoms with Gasteiger partial charge in [0.05, 0.1) is 6.61 Å². The zero-order valence-electron chi connectivity index (χ0n) is 12.4. The predicted octanol–water partition coefficient (Wildman–Crippen LogP) is 4.18. The lowest BCUT2D eigenvalue weighted by molar-refractivity contribution is 0.199. The van der Waals surface area contributed by atoms with Crippen LogP contribution in [-0.4, -0.2) is 20.3 Å². The molecule has 0 heterocycles. The quantitative estimate of drug-likeness (QED) is 0.779. The maximum absolute atomic E-state index is 6.00. The van der Waals surface area contributed by atoms with Crippen molar-refractivity contribution in [2.75, 3.05) is 20.3 Å². The highest BCUT2D eigenvalue weighted by molar-refractivity contribution is 6.31. The number of hydrogen-bond donors (Lipinski definition) is 1. The minimum Gasteiger partial charge on any atom is -0.457 e. The van der Waals surface area contributed by atoms with Crippen molar-refractivity contribution in [2.24, 2.45) is 0 Å². The van der Waals surface area contributed by atoms with E-state index in [9.17, 15) is 0 Å². The lowest BCUT2D eigenvalue weighted by atomic mass is 10.2. The molecule has 4 heteroatoms. The van der Waals surface area contributed by atoms with Gasteiger partial charge < -0.3 is 14.8 Å². The number of ether oxygens (including phenoxy) is 2. The Bertz CT molecular complexity index is 570. The Morgan fingerprint density at radius 3 is 2.43 bits per heavy atom.